The summed E-state index contributed by atoms with van der Waals surface area (Å²) in [6.45, 7) is 10.9. The Morgan fingerprint density at radius 3 is 2.29 bits per heavy atom. The molecule has 0 unspecified atom stereocenters. The van der Waals surface area contributed by atoms with E-state index in [1.165, 1.54) is 5.56 Å². The van der Waals surface area contributed by atoms with Gasteiger partial charge < -0.3 is 18.3 Å². The number of hydrogen-bond acceptors (Lipinski definition) is 4. The maximum absolute atomic E-state index is 6.82. The summed E-state index contributed by atoms with van der Waals surface area (Å²) >= 11 is 0. The van der Waals surface area contributed by atoms with E-state index in [4.69, 9.17) is 19.1 Å². The first-order valence-electron chi connectivity index (χ1n) is 16.8. The van der Waals surface area contributed by atoms with Gasteiger partial charge in [-0.1, -0.05) is 93.0 Å². The summed E-state index contributed by atoms with van der Waals surface area (Å²) in [5.74, 6) is 2.70. The number of rotatable bonds is 5. The molecule has 9 rings (SSSR count). The van der Waals surface area contributed by atoms with Crippen molar-refractivity contribution in [1.29, 1.82) is 0 Å². The molecule has 0 N–H and O–H groups in total. The van der Waals surface area contributed by atoms with Crippen molar-refractivity contribution in [2.45, 2.75) is 40.0 Å². The monoisotopic (exact) mass is 845 g/mol. The minimum atomic E-state index is -0.0271. The number of nitrogens with zero attached hydrogens (tertiary/aromatic N) is 4. The smallest absolute Gasteiger partial charge is 0.502 e. The summed E-state index contributed by atoms with van der Waals surface area (Å²) in [4.78, 5) is 9.64. The van der Waals surface area contributed by atoms with Crippen LogP contribution in [0.15, 0.2) is 120 Å². The van der Waals surface area contributed by atoms with Gasteiger partial charge in [-0.3, -0.25) is 4.98 Å². The van der Waals surface area contributed by atoms with Crippen LogP contribution in [-0.2, 0) is 26.5 Å². The molecule has 4 aromatic heterocycles. The molecule has 4 heterocycles. The molecule has 0 spiro atoms. The molecule has 0 amide bonds. The Labute approximate surface area is 310 Å². The van der Waals surface area contributed by atoms with Crippen molar-refractivity contribution in [1.82, 2.24) is 19.1 Å². The molecule has 6 nitrogen and oxygen atoms in total. The average Bonchev–Trinajstić information content (AvgIpc) is 3.82. The molecular weight excluding hydrogens is 812 g/mol. The molecule has 0 atom stereocenters. The second-order valence-electron chi connectivity index (χ2n) is 13.9. The van der Waals surface area contributed by atoms with E-state index < -0.39 is 0 Å². The second-order valence-corrected chi connectivity index (χ2v) is 13.9. The number of aryl methyl sites for hydroxylation is 2. The Morgan fingerprint density at radius 2 is 1.49 bits per heavy atom. The molecule has 0 aliphatic heterocycles. The van der Waals surface area contributed by atoms with Crippen molar-refractivity contribution in [2.24, 2.45) is 0 Å². The molecule has 9 aromatic rings. The molecule has 0 saturated carbocycles. The molecular formula is C44H34N4O2Pt. The third-order valence-corrected chi connectivity index (χ3v) is 9.54. The van der Waals surface area contributed by atoms with Crippen molar-refractivity contribution in [3.63, 3.8) is 0 Å². The number of benzene rings is 5. The molecule has 0 fully saturated rings. The van der Waals surface area contributed by atoms with Crippen LogP contribution in [-0.4, -0.2) is 19.1 Å². The van der Waals surface area contributed by atoms with Crippen LogP contribution in [0.4, 0.5) is 0 Å². The summed E-state index contributed by atoms with van der Waals surface area (Å²) in [5, 5.41) is 4.01. The minimum absolute atomic E-state index is 0. The molecule has 0 aliphatic rings. The van der Waals surface area contributed by atoms with Gasteiger partial charge in [0.15, 0.2) is 0 Å². The number of furan rings is 1. The number of fused-ring (bicyclic) bond motifs is 6. The Bertz CT molecular complexity index is 2740. The summed E-state index contributed by atoms with van der Waals surface area (Å²) in [7, 11) is 0. The van der Waals surface area contributed by atoms with Crippen molar-refractivity contribution < 1.29 is 30.2 Å². The molecule has 0 saturated heterocycles. The maximum atomic E-state index is 6.82. The number of ether oxygens (including phenoxy) is 1. The van der Waals surface area contributed by atoms with Crippen LogP contribution in [0.5, 0.6) is 11.5 Å². The number of para-hydroxylation sites is 3. The van der Waals surface area contributed by atoms with Gasteiger partial charge in [0.05, 0.1) is 17.2 Å². The van der Waals surface area contributed by atoms with Crippen molar-refractivity contribution in [3.05, 3.63) is 144 Å². The summed E-state index contributed by atoms with van der Waals surface area (Å²) in [5.41, 5.74) is 8.78. The topological polar surface area (TPSA) is 58.0 Å². The largest absolute Gasteiger partial charge is 2.00 e. The molecule has 0 bridgehead atoms. The number of imidazole rings is 1. The fourth-order valence-corrected chi connectivity index (χ4v) is 7.11. The SMILES string of the molecule is Cc1cccc(C)c1-n1ccnc1-c1[c-]c(Oc2[c-]c3c(cc2)c2ccccc2n3-c2cc(C(C)(C)C)ccn2)c2c(c1)oc1ccccc12.[Pt+2]. The Balaban J connectivity index is 0.00000374. The first kappa shape index (κ1) is 32.7. The average molecular weight is 846 g/mol. The van der Waals surface area contributed by atoms with E-state index in [1.54, 1.807) is 0 Å². The third-order valence-electron chi connectivity index (χ3n) is 9.54. The third kappa shape index (κ3) is 5.46. The van der Waals surface area contributed by atoms with Crippen molar-refractivity contribution in [3.8, 4) is 34.4 Å². The van der Waals surface area contributed by atoms with Crippen LogP contribution in [0, 0.1) is 26.0 Å². The molecule has 51 heavy (non-hydrogen) atoms. The minimum Gasteiger partial charge on any atom is -0.502 e. The molecule has 0 radical (unpaired) electrons. The van der Waals surface area contributed by atoms with Gasteiger partial charge in [-0.2, -0.15) is 6.07 Å². The van der Waals surface area contributed by atoms with Gasteiger partial charge >= 0.3 is 21.1 Å². The van der Waals surface area contributed by atoms with Gasteiger partial charge in [0.1, 0.15) is 11.4 Å². The maximum Gasteiger partial charge on any atom is 2.00 e. The zero-order chi connectivity index (χ0) is 34.1. The molecule has 5 aromatic carbocycles. The van der Waals surface area contributed by atoms with E-state index in [-0.39, 0.29) is 26.5 Å². The van der Waals surface area contributed by atoms with E-state index in [9.17, 15) is 0 Å². The van der Waals surface area contributed by atoms with Crippen LogP contribution >= 0.6 is 0 Å². The van der Waals surface area contributed by atoms with Gasteiger partial charge in [0.2, 0.25) is 0 Å². The standard InChI is InChI=1S/C44H34N4O2.Pt/c1-27-11-10-12-28(2)42(27)47-22-21-46-43(47)29-23-38(41-34-14-7-9-16-37(34)50-39(41)24-29)49-31-17-18-33-32-13-6-8-15-35(32)48(36(33)26-31)40-25-30(19-20-45-40)44(3,4)5;/h6-22,24-25H,1-5H3;/q-2;+2. The normalized spacial score (nSPS) is 11.9. The van der Waals surface area contributed by atoms with E-state index in [0.29, 0.717) is 17.1 Å². The first-order chi connectivity index (χ1) is 24.2. The number of pyridine rings is 1. The quantitative estimate of drug-likeness (QED) is 0.162. The van der Waals surface area contributed by atoms with Crippen LogP contribution < -0.4 is 4.74 Å². The van der Waals surface area contributed by atoms with E-state index in [1.807, 2.05) is 48.9 Å². The number of hydrogen-bond donors (Lipinski definition) is 0. The second kappa shape index (κ2) is 12.4. The molecule has 0 aliphatic carbocycles. The zero-order valence-electron chi connectivity index (χ0n) is 28.9. The van der Waals surface area contributed by atoms with Crippen LogP contribution in [0.3, 0.4) is 0 Å². The fraction of sp³-hybridized carbons (Fsp3) is 0.136. The predicted octanol–water partition coefficient (Wildman–Crippen LogP) is 11.2. The van der Waals surface area contributed by atoms with E-state index in [2.05, 4.69) is 123 Å². The molecule has 252 valence electrons. The Morgan fingerprint density at radius 1 is 0.725 bits per heavy atom. The van der Waals surface area contributed by atoms with Crippen LogP contribution in [0.25, 0.3) is 66.6 Å². The number of aromatic nitrogens is 4. The molecule has 7 heteroatoms. The van der Waals surface area contributed by atoms with Crippen molar-refractivity contribution >= 4 is 43.7 Å². The predicted molar refractivity (Wildman–Crippen MR) is 201 cm³/mol. The van der Waals surface area contributed by atoms with Gasteiger partial charge in [0, 0.05) is 35.5 Å². The first-order valence-corrected chi connectivity index (χ1v) is 16.8. The Kier molecular flexibility index (Phi) is 7.96. The van der Waals surface area contributed by atoms with Gasteiger partial charge in [0.25, 0.3) is 0 Å². The van der Waals surface area contributed by atoms with Crippen molar-refractivity contribution in [2.75, 3.05) is 0 Å². The summed E-state index contributed by atoms with van der Waals surface area (Å²) in [6, 6.07) is 40.3. The van der Waals surface area contributed by atoms with Gasteiger partial charge in [-0.25, -0.2) is 4.98 Å². The van der Waals surface area contributed by atoms with Crippen LogP contribution in [0.2, 0.25) is 0 Å². The van der Waals surface area contributed by atoms with E-state index in [0.717, 1.165) is 72.2 Å². The summed E-state index contributed by atoms with van der Waals surface area (Å²) < 4.78 is 17.5. The van der Waals surface area contributed by atoms with Gasteiger partial charge in [-0.05, 0) is 76.4 Å². The summed E-state index contributed by atoms with van der Waals surface area (Å²) in [6.07, 6.45) is 5.70. The zero-order valence-corrected chi connectivity index (χ0v) is 31.2. The van der Waals surface area contributed by atoms with Gasteiger partial charge in [-0.15, -0.1) is 23.1 Å². The van der Waals surface area contributed by atoms with E-state index >= 15 is 0 Å². The van der Waals surface area contributed by atoms with Crippen LogP contribution in [0.1, 0.15) is 37.5 Å². The fourth-order valence-electron chi connectivity index (χ4n) is 7.11. The Hall–Kier alpha value is -5.45.